The number of hydrogen-bond acceptors (Lipinski definition) is 2. The van der Waals surface area contributed by atoms with Crippen molar-refractivity contribution >= 4 is 0 Å². The molecule has 2 aromatic rings. The number of rotatable bonds is 5. The summed E-state index contributed by atoms with van der Waals surface area (Å²) in [7, 11) is 0. The van der Waals surface area contributed by atoms with E-state index in [-0.39, 0.29) is 5.82 Å². The van der Waals surface area contributed by atoms with Gasteiger partial charge in [0, 0.05) is 5.69 Å². The highest BCUT2D eigenvalue weighted by molar-refractivity contribution is 5.38. The van der Waals surface area contributed by atoms with E-state index in [1.165, 1.54) is 12.1 Å². The molecule has 3 nitrogen and oxygen atoms in total. The van der Waals surface area contributed by atoms with E-state index in [1.54, 1.807) is 0 Å². The number of aryl methyl sites for hydroxylation is 2. The van der Waals surface area contributed by atoms with Gasteiger partial charge in [0.1, 0.15) is 5.82 Å². The van der Waals surface area contributed by atoms with Crippen molar-refractivity contribution < 1.29 is 4.39 Å². The average molecular weight is 261 g/mol. The number of benzene rings is 1. The van der Waals surface area contributed by atoms with E-state index in [1.807, 2.05) is 10.7 Å². The lowest BCUT2D eigenvalue weighted by molar-refractivity contribution is 0.621. The van der Waals surface area contributed by atoms with Crippen molar-refractivity contribution in [2.45, 2.75) is 33.1 Å². The Bertz CT molecular complexity index is 561. The Hall–Kier alpha value is -1.68. The van der Waals surface area contributed by atoms with Gasteiger partial charge in [0.2, 0.25) is 0 Å². The first-order valence-electron chi connectivity index (χ1n) is 6.75. The molecule has 0 spiro atoms. The van der Waals surface area contributed by atoms with Crippen molar-refractivity contribution in [3.05, 3.63) is 47.0 Å². The zero-order valence-corrected chi connectivity index (χ0v) is 11.5. The van der Waals surface area contributed by atoms with Crippen LogP contribution in [0.3, 0.4) is 0 Å². The van der Waals surface area contributed by atoms with E-state index < -0.39 is 0 Å². The van der Waals surface area contributed by atoms with Crippen LogP contribution in [0, 0.1) is 5.82 Å². The monoisotopic (exact) mass is 261 g/mol. The molecule has 102 valence electrons. The second kappa shape index (κ2) is 5.97. The zero-order valence-electron chi connectivity index (χ0n) is 11.5. The quantitative estimate of drug-likeness (QED) is 0.899. The number of hydrogen-bond donors (Lipinski definition) is 1. The molecule has 0 radical (unpaired) electrons. The van der Waals surface area contributed by atoms with Crippen LogP contribution in [0.4, 0.5) is 4.39 Å². The van der Waals surface area contributed by atoms with Crippen molar-refractivity contribution in [2.24, 2.45) is 5.73 Å². The molecular formula is C15H20FN3. The maximum atomic E-state index is 13.7. The fraction of sp³-hybridized carbons (Fsp3) is 0.400. The SMILES string of the molecule is CCc1cc(CC)n(-c2cc(F)cc(CCN)c2)n1. The lowest BCUT2D eigenvalue weighted by atomic mass is 10.1. The first-order valence-corrected chi connectivity index (χ1v) is 6.75. The van der Waals surface area contributed by atoms with Crippen LogP contribution in [0.15, 0.2) is 24.3 Å². The summed E-state index contributed by atoms with van der Waals surface area (Å²) in [5, 5.41) is 4.53. The van der Waals surface area contributed by atoms with Crippen LogP contribution in [-0.4, -0.2) is 16.3 Å². The van der Waals surface area contributed by atoms with Gasteiger partial charge in [-0.25, -0.2) is 9.07 Å². The number of nitrogens with zero attached hydrogens (tertiary/aromatic N) is 2. The number of aromatic nitrogens is 2. The molecule has 1 aromatic heterocycles. The maximum Gasteiger partial charge on any atom is 0.125 e. The topological polar surface area (TPSA) is 43.8 Å². The van der Waals surface area contributed by atoms with E-state index >= 15 is 0 Å². The highest BCUT2D eigenvalue weighted by Gasteiger charge is 2.09. The molecule has 0 aliphatic rings. The third-order valence-electron chi connectivity index (χ3n) is 3.18. The maximum absolute atomic E-state index is 13.7. The molecule has 0 aliphatic heterocycles. The molecule has 0 saturated heterocycles. The minimum atomic E-state index is -0.239. The van der Waals surface area contributed by atoms with Crippen LogP contribution in [0.25, 0.3) is 5.69 Å². The molecule has 19 heavy (non-hydrogen) atoms. The van der Waals surface area contributed by atoms with Gasteiger partial charge in [-0.2, -0.15) is 5.10 Å². The van der Waals surface area contributed by atoms with Crippen molar-refractivity contribution in [3.63, 3.8) is 0 Å². The lowest BCUT2D eigenvalue weighted by Gasteiger charge is -2.08. The molecule has 2 rings (SSSR count). The molecule has 2 N–H and O–H groups in total. The summed E-state index contributed by atoms with van der Waals surface area (Å²) in [6, 6.07) is 7.09. The minimum Gasteiger partial charge on any atom is -0.330 e. The normalized spacial score (nSPS) is 10.9. The minimum absolute atomic E-state index is 0.239. The van der Waals surface area contributed by atoms with Crippen LogP contribution in [0.1, 0.15) is 30.8 Å². The number of nitrogens with two attached hydrogens (primary N) is 1. The van der Waals surface area contributed by atoms with Crippen LogP contribution in [0.5, 0.6) is 0 Å². The predicted molar refractivity (Wildman–Crippen MR) is 75.0 cm³/mol. The standard InChI is InChI=1S/C15H20FN3/c1-3-13-10-14(4-2)19(18-13)15-8-11(5-6-17)7-12(16)9-15/h7-10H,3-6,17H2,1-2H3. The Balaban J connectivity index is 2.48. The summed E-state index contributed by atoms with van der Waals surface area (Å²) in [6.45, 7) is 4.66. The lowest BCUT2D eigenvalue weighted by Crippen LogP contribution is -2.06. The summed E-state index contributed by atoms with van der Waals surface area (Å²) < 4.78 is 15.5. The van der Waals surface area contributed by atoms with Gasteiger partial charge >= 0.3 is 0 Å². The molecule has 0 aliphatic carbocycles. The van der Waals surface area contributed by atoms with Crippen molar-refractivity contribution in [2.75, 3.05) is 6.54 Å². The van der Waals surface area contributed by atoms with Crippen molar-refractivity contribution in [1.82, 2.24) is 9.78 Å². The predicted octanol–water partition coefficient (Wildman–Crippen LogP) is 2.64. The van der Waals surface area contributed by atoms with Gasteiger partial charge in [-0.3, -0.25) is 0 Å². The number of halogens is 1. The summed E-state index contributed by atoms with van der Waals surface area (Å²) >= 11 is 0. The largest absolute Gasteiger partial charge is 0.330 e. The Morgan fingerprint density at radius 3 is 2.58 bits per heavy atom. The highest BCUT2D eigenvalue weighted by atomic mass is 19.1. The van der Waals surface area contributed by atoms with E-state index in [4.69, 9.17) is 5.73 Å². The first kappa shape index (κ1) is 13.7. The van der Waals surface area contributed by atoms with E-state index in [2.05, 4.69) is 25.0 Å². The smallest absolute Gasteiger partial charge is 0.125 e. The second-order valence-electron chi connectivity index (χ2n) is 4.60. The molecule has 1 heterocycles. The average Bonchev–Trinajstić information content (AvgIpc) is 2.81. The van der Waals surface area contributed by atoms with Crippen LogP contribution < -0.4 is 5.73 Å². The molecular weight excluding hydrogens is 241 g/mol. The molecule has 0 fully saturated rings. The molecule has 0 unspecified atom stereocenters. The van der Waals surface area contributed by atoms with Gasteiger partial charge in [0.15, 0.2) is 0 Å². The van der Waals surface area contributed by atoms with Crippen LogP contribution in [-0.2, 0) is 19.3 Å². The molecule has 0 bridgehead atoms. The highest BCUT2D eigenvalue weighted by Crippen LogP contribution is 2.17. The van der Waals surface area contributed by atoms with Gasteiger partial charge in [0.05, 0.1) is 11.4 Å². The van der Waals surface area contributed by atoms with Crippen molar-refractivity contribution in [3.8, 4) is 5.69 Å². The van der Waals surface area contributed by atoms with E-state index in [0.29, 0.717) is 13.0 Å². The Kier molecular flexibility index (Phi) is 4.32. The van der Waals surface area contributed by atoms with Gasteiger partial charge in [0.25, 0.3) is 0 Å². The second-order valence-corrected chi connectivity index (χ2v) is 4.60. The summed E-state index contributed by atoms with van der Waals surface area (Å²) in [5.74, 6) is -0.239. The summed E-state index contributed by atoms with van der Waals surface area (Å²) in [6.07, 6.45) is 2.43. The first-order chi connectivity index (χ1) is 9.17. The third kappa shape index (κ3) is 3.01. The fourth-order valence-corrected chi connectivity index (χ4v) is 2.19. The molecule has 0 amide bonds. The summed E-state index contributed by atoms with van der Waals surface area (Å²) in [4.78, 5) is 0. The van der Waals surface area contributed by atoms with Gasteiger partial charge in [-0.1, -0.05) is 13.8 Å². The van der Waals surface area contributed by atoms with E-state index in [9.17, 15) is 4.39 Å². The zero-order chi connectivity index (χ0) is 13.8. The van der Waals surface area contributed by atoms with Crippen molar-refractivity contribution in [1.29, 1.82) is 0 Å². The van der Waals surface area contributed by atoms with Gasteiger partial charge in [-0.15, -0.1) is 0 Å². The Morgan fingerprint density at radius 2 is 1.95 bits per heavy atom. The molecule has 4 heteroatoms. The summed E-state index contributed by atoms with van der Waals surface area (Å²) in [5.41, 5.74) is 9.35. The third-order valence-corrected chi connectivity index (χ3v) is 3.18. The fourth-order valence-electron chi connectivity index (χ4n) is 2.19. The molecule has 1 aromatic carbocycles. The van der Waals surface area contributed by atoms with Gasteiger partial charge < -0.3 is 5.73 Å². The molecule has 0 atom stereocenters. The van der Waals surface area contributed by atoms with Crippen LogP contribution in [0.2, 0.25) is 0 Å². The van der Waals surface area contributed by atoms with Gasteiger partial charge in [-0.05, 0) is 55.6 Å². The van der Waals surface area contributed by atoms with Crippen LogP contribution >= 0.6 is 0 Å². The Morgan fingerprint density at radius 1 is 1.16 bits per heavy atom. The molecule has 0 saturated carbocycles. The van der Waals surface area contributed by atoms with E-state index in [0.717, 1.165) is 35.5 Å². The Labute approximate surface area is 113 Å².